The molecule has 0 aliphatic carbocycles. The maximum Gasteiger partial charge on any atom is 0.141 e. The summed E-state index contributed by atoms with van der Waals surface area (Å²) in [6, 6.07) is 72.8. The van der Waals surface area contributed by atoms with Gasteiger partial charge in [0.15, 0.2) is 0 Å². The number of hydrogen-bond donors (Lipinski definition) is 0. The second kappa shape index (κ2) is 15.8. The average Bonchev–Trinajstić information content (AvgIpc) is 3.66. The fourth-order valence-electron chi connectivity index (χ4n) is 9.30. The van der Waals surface area contributed by atoms with Crippen LogP contribution < -0.4 is 32.2 Å². The second-order valence-corrected chi connectivity index (χ2v) is 16.3. The van der Waals surface area contributed by atoms with Crippen molar-refractivity contribution in [2.75, 3.05) is 4.90 Å². The van der Waals surface area contributed by atoms with E-state index in [2.05, 4.69) is 249 Å². The molecule has 0 unspecified atom stereocenters. The molecule has 61 heavy (non-hydrogen) atoms. The van der Waals surface area contributed by atoms with Gasteiger partial charge in [-0.25, -0.2) is 0 Å². The number of hydrogen-bond acceptors (Lipinski definition) is 1. The number of nitrogens with zero attached hydrogens (tertiary/aromatic N) is 2. The van der Waals surface area contributed by atoms with Crippen LogP contribution in [-0.4, -0.2) is 43.8 Å². The lowest BCUT2D eigenvalue weighted by molar-refractivity contribution is 1.21. The number of para-hydroxylation sites is 1. The minimum Gasteiger partial charge on any atom is -0.310 e. The molecule has 7 heteroatoms. The maximum absolute atomic E-state index is 2.51. The van der Waals surface area contributed by atoms with Gasteiger partial charge in [-0.05, 0) is 93.0 Å². The molecule has 0 bridgehead atoms. The lowest BCUT2D eigenvalue weighted by atomic mass is 9.61. The normalized spacial score (nSPS) is 11.3. The third kappa shape index (κ3) is 6.81. The van der Waals surface area contributed by atoms with Gasteiger partial charge < -0.3 is 9.47 Å². The van der Waals surface area contributed by atoms with Crippen molar-refractivity contribution in [2.45, 2.75) is 0 Å². The van der Waals surface area contributed by atoms with E-state index in [-0.39, 0.29) is 0 Å². The van der Waals surface area contributed by atoms with E-state index in [9.17, 15) is 0 Å². The van der Waals surface area contributed by atoms with Gasteiger partial charge in [0.2, 0.25) is 0 Å². The first kappa shape index (κ1) is 38.1. The SMILES string of the molecule is Bc1c(B)c(B)c(-n2c3ccccc3c3c(-c4cccc(N(c5ccc(-c6ccccc6)cc5)c5ccc(-c6ccc(-c7ccccc7)cc6)cc5)c4)cccc32)c(B)c1B. The molecule has 10 aromatic rings. The fraction of sp³-hybridized carbons (Fsp3) is 0. The van der Waals surface area contributed by atoms with Gasteiger partial charge in [-0.15, -0.1) is 5.46 Å². The topological polar surface area (TPSA) is 8.17 Å². The van der Waals surface area contributed by atoms with Gasteiger partial charge in [-0.3, -0.25) is 0 Å². The summed E-state index contributed by atoms with van der Waals surface area (Å²) in [5.74, 6) is 0. The Hall–Kier alpha value is -7.10. The maximum atomic E-state index is 2.51. The van der Waals surface area contributed by atoms with Crippen LogP contribution in [0, 0.1) is 0 Å². The molecule has 9 aromatic carbocycles. The van der Waals surface area contributed by atoms with Gasteiger partial charge in [-0.2, -0.15) is 0 Å². The molecule has 1 aromatic heterocycles. The second-order valence-electron chi connectivity index (χ2n) is 16.3. The zero-order valence-corrected chi connectivity index (χ0v) is 35.4. The molecule has 2 nitrogen and oxygen atoms in total. The Bertz CT molecular complexity index is 3190. The summed E-state index contributed by atoms with van der Waals surface area (Å²) in [7, 11) is 11.4. The van der Waals surface area contributed by atoms with Crippen LogP contribution in [0.4, 0.5) is 17.1 Å². The van der Waals surface area contributed by atoms with Gasteiger partial charge in [-0.1, -0.05) is 174 Å². The highest BCUT2D eigenvalue weighted by Gasteiger charge is 2.21. The summed E-state index contributed by atoms with van der Waals surface area (Å²) in [4.78, 5) is 2.38. The zero-order valence-electron chi connectivity index (χ0n) is 35.4. The van der Waals surface area contributed by atoms with Gasteiger partial charge in [0.25, 0.3) is 0 Å². The summed E-state index contributed by atoms with van der Waals surface area (Å²) in [6.45, 7) is 0. The Morgan fingerprint density at radius 3 is 1.26 bits per heavy atom. The van der Waals surface area contributed by atoms with Crippen molar-refractivity contribution in [1.82, 2.24) is 4.57 Å². The molecule has 0 saturated carbocycles. The predicted molar refractivity (Wildman–Crippen MR) is 278 cm³/mol. The third-order valence-electron chi connectivity index (χ3n) is 13.0. The van der Waals surface area contributed by atoms with E-state index >= 15 is 0 Å². The minimum atomic E-state index is 1.10. The van der Waals surface area contributed by atoms with Crippen molar-refractivity contribution in [3.8, 4) is 50.2 Å². The van der Waals surface area contributed by atoms with Crippen LogP contribution in [0.2, 0.25) is 0 Å². The molecule has 0 saturated heterocycles. The molecule has 0 amide bonds. The molecular formula is C54H43B5N2. The van der Waals surface area contributed by atoms with Crippen LogP contribution in [0.25, 0.3) is 72.0 Å². The Kier molecular flexibility index (Phi) is 9.89. The average molecular weight is 774 g/mol. The van der Waals surface area contributed by atoms with Gasteiger partial charge in [0.05, 0.1) is 11.0 Å². The standard InChI is InChI=1S/C54H43B5N2/c55-49-50(56)52(58)54(53(59)51(49)57)61-46-19-8-7-17-45(46)48-44(18-10-20-47(48)61)40-15-9-16-43(33-40)60(41-29-25-38(26-30-41)35-13-5-2-6-14-35)42-31-27-39(28-32-42)37-23-21-36(22-24-37)34-11-3-1-4-12-34/h1-33H,55-59H2. The molecule has 284 valence electrons. The molecule has 0 aliphatic heterocycles. The van der Waals surface area contributed by atoms with Crippen molar-refractivity contribution >= 4 is 105 Å². The molecule has 0 spiro atoms. The first-order valence-corrected chi connectivity index (χ1v) is 21.3. The molecule has 0 N–H and O–H groups in total. The van der Waals surface area contributed by atoms with Crippen LogP contribution in [-0.2, 0) is 0 Å². The highest BCUT2D eigenvalue weighted by molar-refractivity contribution is 6.68. The monoisotopic (exact) mass is 774 g/mol. The first-order chi connectivity index (χ1) is 29.9. The lowest BCUT2D eigenvalue weighted by Crippen LogP contribution is -2.56. The smallest absolute Gasteiger partial charge is 0.141 e. The minimum absolute atomic E-state index is 1.10. The van der Waals surface area contributed by atoms with Crippen LogP contribution in [0.5, 0.6) is 0 Å². The summed E-state index contributed by atoms with van der Waals surface area (Å²) < 4.78 is 2.51. The highest BCUT2D eigenvalue weighted by atomic mass is 15.1. The number of benzene rings is 9. The van der Waals surface area contributed by atoms with E-state index in [0.717, 1.165) is 17.1 Å². The molecule has 1 heterocycles. The van der Waals surface area contributed by atoms with Gasteiger partial charge in [0, 0.05) is 33.5 Å². The lowest BCUT2D eigenvalue weighted by Gasteiger charge is -2.26. The Balaban J connectivity index is 1.10. The summed E-state index contributed by atoms with van der Waals surface area (Å²) >= 11 is 0. The molecule has 0 fully saturated rings. The van der Waals surface area contributed by atoms with E-state index in [1.807, 2.05) is 0 Å². The third-order valence-corrected chi connectivity index (χ3v) is 13.0. The largest absolute Gasteiger partial charge is 0.310 e. The van der Waals surface area contributed by atoms with Crippen molar-refractivity contribution in [1.29, 1.82) is 0 Å². The summed E-state index contributed by atoms with van der Waals surface area (Å²) in [5, 5.41) is 2.53. The summed E-state index contributed by atoms with van der Waals surface area (Å²) in [5.41, 5.74) is 23.4. The van der Waals surface area contributed by atoms with E-state index in [0.29, 0.717) is 0 Å². The Morgan fingerprint density at radius 1 is 0.311 bits per heavy atom. The Labute approximate surface area is 363 Å². The fourth-order valence-corrected chi connectivity index (χ4v) is 9.30. The quantitative estimate of drug-likeness (QED) is 0.167. The van der Waals surface area contributed by atoms with Crippen LogP contribution in [0.15, 0.2) is 200 Å². The van der Waals surface area contributed by atoms with Crippen molar-refractivity contribution in [2.24, 2.45) is 0 Å². The molecule has 0 radical (unpaired) electrons. The van der Waals surface area contributed by atoms with Gasteiger partial charge in [0.1, 0.15) is 39.2 Å². The zero-order chi connectivity index (χ0) is 41.6. The molecule has 0 atom stereocenters. The molecule has 0 aliphatic rings. The molecule has 10 rings (SSSR count). The van der Waals surface area contributed by atoms with Crippen molar-refractivity contribution < 1.29 is 0 Å². The first-order valence-electron chi connectivity index (χ1n) is 21.3. The van der Waals surface area contributed by atoms with Crippen LogP contribution in [0.1, 0.15) is 0 Å². The summed E-state index contributed by atoms with van der Waals surface area (Å²) in [6.07, 6.45) is 0. The number of fused-ring (bicyclic) bond motifs is 3. The Morgan fingerprint density at radius 2 is 0.721 bits per heavy atom. The van der Waals surface area contributed by atoms with E-state index in [1.54, 1.807) is 0 Å². The number of aromatic nitrogens is 1. The van der Waals surface area contributed by atoms with E-state index in [4.69, 9.17) is 0 Å². The number of rotatable bonds is 8. The van der Waals surface area contributed by atoms with Crippen LogP contribution in [0.3, 0.4) is 0 Å². The van der Waals surface area contributed by atoms with E-state index in [1.165, 1.54) is 99.3 Å². The van der Waals surface area contributed by atoms with Crippen molar-refractivity contribution in [3.63, 3.8) is 0 Å². The van der Waals surface area contributed by atoms with Gasteiger partial charge >= 0.3 is 0 Å². The number of anilines is 3. The molecular weight excluding hydrogens is 731 g/mol. The van der Waals surface area contributed by atoms with Crippen LogP contribution >= 0.6 is 0 Å². The predicted octanol–water partition coefficient (Wildman–Crippen LogP) is 6.21. The van der Waals surface area contributed by atoms with E-state index < -0.39 is 0 Å². The highest BCUT2D eigenvalue weighted by Crippen LogP contribution is 2.42. The van der Waals surface area contributed by atoms with Crippen molar-refractivity contribution in [3.05, 3.63) is 200 Å².